The van der Waals surface area contributed by atoms with Gasteiger partial charge < -0.3 is 5.73 Å². The molecule has 1 nitrogen and oxygen atoms in total. The van der Waals surface area contributed by atoms with E-state index >= 15 is 0 Å². The Morgan fingerprint density at radius 3 is 2.39 bits per heavy atom. The van der Waals surface area contributed by atoms with E-state index in [1.165, 1.54) is 11.3 Å². The highest BCUT2D eigenvalue weighted by Gasteiger charge is 2.44. The van der Waals surface area contributed by atoms with Gasteiger partial charge in [0.15, 0.2) is 0 Å². The summed E-state index contributed by atoms with van der Waals surface area (Å²) >= 11 is 7.28. The van der Waals surface area contributed by atoms with Gasteiger partial charge >= 0.3 is 6.18 Å². The fourth-order valence-electron chi connectivity index (χ4n) is 2.49. The van der Waals surface area contributed by atoms with E-state index in [1.807, 2.05) is 6.07 Å². The fourth-order valence-corrected chi connectivity index (χ4v) is 3.73. The van der Waals surface area contributed by atoms with E-state index in [0.29, 0.717) is 23.6 Å². The lowest BCUT2D eigenvalue weighted by atomic mass is 9.75. The molecule has 1 fully saturated rings. The maximum atomic E-state index is 12.6. The standard InChI is InChI=1S/C12H15ClF3NS/c13-10-2-1-9(18-10)7-11(17)5-3-8(4-6-11)12(14,15)16/h1-2,8H,3-7,17H2. The van der Waals surface area contributed by atoms with Gasteiger partial charge in [0, 0.05) is 10.4 Å². The molecule has 1 aliphatic rings. The van der Waals surface area contributed by atoms with Gasteiger partial charge in [0.1, 0.15) is 0 Å². The van der Waals surface area contributed by atoms with Gasteiger partial charge in [0.05, 0.1) is 10.3 Å². The quantitative estimate of drug-likeness (QED) is 0.860. The van der Waals surface area contributed by atoms with Crippen LogP contribution in [-0.2, 0) is 6.42 Å². The molecule has 0 atom stereocenters. The van der Waals surface area contributed by atoms with Crippen LogP contribution >= 0.6 is 22.9 Å². The highest BCUT2D eigenvalue weighted by Crippen LogP contribution is 2.41. The summed E-state index contributed by atoms with van der Waals surface area (Å²) in [6.07, 6.45) is -2.33. The van der Waals surface area contributed by atoms with E-state index in [2.05, 4.69) is 0 Å². The maximum absolute atomic E-state index is 12.6. The van der Waals surface area contributed by atoms with Crippen molar-refractivity contribution in [3.8, 4) is 0 Å². The molecule has 0 bridgehead atoms. The summed E-state index contributed by atoms with van der Waals surface area (Å²) in [5.41, 5.74) is 5.70. The largest absolute Gasteiger partial charge is 0.391 e. The van der Waals surface area contributed by atoms with Crippen LogP contribution in [0.25, 0.3) is 0 Å². The Labute approximate surface area is 113 Å². The van der Waals surface area contributed by atoms with Gasteiger partial charge in [-0.3, -0.25) is 0 Å². The lowest BCUT2D eigenvalue weighted by Crippen LogP contribution is -2.47. The Hall–Kier alpha value is -0.260. The summed E-state index contributed by atoms with van der Waals surface area (Å²) in [7, 11) is 0. The molecule has 1 aromatic rings. The van der Waals surface area contributed by atoms with E-state index < -0.39 is 17.6 Å². The van der Waals surface area contributed by atoms with Crippen molar-refractivity contribution in [1.82, 2.24) is 0 Å². The third kappa shape index (κ3) is 3.39. The fraction of sp³-hybridized carbons (Fsp3) is 0.667. The monoisotopic (exact) mass is 297 g/mol. The predicted octanol–water partition coefficient (Wildman–Crippen LogP) is 4.39. The smallest absolute Gasteiger partial charge is 0.325 e. The minimum absolute atomic E-state index is 0.138. The van der Waals surface area contributed by atoms with Crippen molar-refractivity contribution in [3.05, 3.63) is 21.3 Å². The topological polar surface area (TPSA) is 26.0 Å². The molecule has 0 amide bonds. The van der Waals surface area contributed by atoms with E-state index in [9.17, 15) is 13.2 Å². The van der Waals surface area contributed by atoms with Crippen LogP contribution in [0.3, 0.4) is 0 Å². The second-order valence-corrected chi connectivity index (χ2v) is 6.86. The van der Waals surface area contributed by atoms with Gasteiger partial charge in [0.25, 0.3) is 0 Å². The molecule has 18 heavy (non-hydrogen) atoms. The van der Waals surface area contributed by atoms with Gasteiger partial charge in [-0.15, -0.1) is 11.3 Å². The van der Waals surface area contributed by atoms with Crippen molar-refractivity contribution in [2.45, 2.75) is 43.8 Å². The van der Waals surface area contributed by atoms with Gasteiger partial charge in [-0.05, 0) is 44.2 Å². The summed E-state index contributed by atoms with van der Waals surface area (Å²) in [5, 5.41) is 0. The molecule has 0 spiro atoms. The number of thiophene rings is 1. The van der Waals surface area contributed by atoms with Crippen LogP contribution in [0.4, 0.5) is 13.2 Å². The SMILES string of the molecule is NC1(Cc2ccc(Cl)s2)CCC(C(F)(F)F)CC1. The summed E-state index contributed by atoms with van der Waals surface area (Å²) in [4.78, 5) is 1.05. The zero-order chi connectivity index (χ0) is 13.4. The number of hydrogen-bond donors (Lipinski definition) is 1. The molecule has 102 valence electrons. The van der Waals surface area contributed by atoms with Crippen LogP contribution in [0, 0.1) is 5.92 Å². The van der Waals surface area contributed by atoms with Crippen molar-refractivity contribution in [2.24, 2.45) is 11.7 Å². The van der Waals surface area contributed by atoms with Gasteiger partial charge in [-0.1, -0.05) is 11.6 Å². The molecule has 0 radical (unpaired) electrons. The Kier molecular flexibility index (Phi) is 3.95. The zero-order valence-electron chi connectivity index (χ0n) is 9.77. The van der Waals surface area contributed by atoms with Crippen molar-refractivity contribution in [1.29, 1.82) is 0 Å². The second-order valence-electron chi connectivity index (χ2n) is 5.06. The van der Waals surface area contributed by atoms with Crippen LogP contribution in [0.5, 0.6) is 0 Å². The summed E-state index contributed by atoms with van der Waals surface area (Å²) in [5.74, 6) is -1.18. The van der Waals surface area contributed by atoms with Crippen LogP contribution in [-0.4, -0.2) is 11.7 Å². The maximum Gasteiger partial charge on any atom is 0.391 e. The molecule has 2 N–H and O–H groups in total. The number of alkyl halides is 3. The van der Waals surface area contributed by atoms with Crippen LogP contribution < -0.4 is 5.73 Å². The van der Waals surface area contributed by atoms with E-state index in [-0.39, 0.29) is 12.8 Å². The van der Waals surface area contributed by atoms with E-state index in [4.69, 9.17) is 17.3 Å². The molecule has 1 heterocycles. The molecule has 1 aromatic heterocycles. The third-order valence-corrected chi connectivity index (χ3v) is 4.83. The van der Waals surface area contributed by atoms with E-state index in [1.54, 1.807) is 6.07 Å². The molecule has 6 heteroatoms. The lowest BCUT2D eigenvalue weighted by Gasteiger charge is -2.37. The predicted molar refractivity (Wildman–Crippen MR) is 68.0 cm³/mol. The molecule has 2 rings (SSSR count). The van der Waals surface area contributed by atoms with Crippen molar-refractivity contribution in [3.63, 3.8) is 0 Å². The molecule has 1 saturated carbocycles. The van der Waals surface area contributed by atoms with Crippen LogP contribution in [0.2, 0.25) is 4.34 Å². The minimum atomic E-state index is -4.08. The first kappa shape index (κ1) is 14.2. The summed E-state index contributed by atoms with van der Waals surface area (Å²) in [6, 6.07) is 3.70. The highest BCUT2D eigenvalue weighted by molar-refractivity contribution is 7.16. The average molecular weight is 298 g/mol. The first-order chi connectivity index (χ1) is 8.28. The Balaban J connectivity index is 1.95. The Bertz CT molecular complexity index is 408. The van der Waals surface area contributed by atoms with Crippen molar-refractivity contribution < 1.29 is 13.2 Å². The molecule has 1 aliphatic carbocycles. The second kappa shape index (κ2) is 5.02. The summed E-state index contributed by atoms with van der Waals surface area (Å²) < 4.78 is 38.4. The molecular formula is C12H15ClF3NS. The minimum Gasteiger partial charge on any atom is -0.325 e. The van der Waals surface area contributed by atoms with Crippen molar-refractivity contribution in [2.75, 3.05) is 0 Å². The van der Waals surface area contributed by atoms with Gasteiger partial charge in [-0.25, -0.2) is 0 Å². The first-order valence-electron chi connectivity index (χ1n) is 5.88. The van der Waals surface area contributed by atoms with E-state index in [0.717, 1.165) is 4.88 Å². The Morgan fingerprint density at radius 2 is 1.94 bits per heavy atom. The van der Waals surface area contributed by atoms with Crippen molar-refractivity contribution >= 4 is 22.9 Å². The van der Waals surface area contributed by atoms with Gasteiger partial charge in [-0.2, -0.15) is 13.2 Å². The normalized spacial score (nSPS) is 29.5. The van der Waals surface area contributed by atoms with Gasteiger partial charge in [0.2, 0.25) is 0 Å². The number of nitrogens with two attached hydrogens (primary N) is 1. The highest BCUT2D eigenvalue weighted by atomic mass is 35.5. The number of rotatable bonds is 2. The average Bonchev–Trinajstić information content (AvgIpc) is 2.62. The van der Waals surface area contributed by atoms with Crippen LogP contribution in [0.1, 0.15) is 30.6 Å². The van der Waals surface area contributed by atoms with Crippen LogP contribution in [0.15, 0.2) is 12.1 Å². The number of hydrogen-bond acceptors (Lipinski definition) is 2. The molecule has 0 aromatic carbocycles. The Morgan fingerprint density at radius 1 is 1.33 bits per heavy atom. The third-order valence-electron chi connectivity index (χ3n) is 3.60. The zero-order valence-corrected chi connectivity index (χ0v) is 11.3. The molecular weight excluding hydrogens is 283 g/mol. The molecule has 0 unspecified atom stereocenters. The molecule has 0 aliphatic heterocycles. The first-order valence-corrected chi connectivity index (χ1v) is 7.08. The lowest BCUT2D eigenvalue weighted by molar-refractivity contribution is -0.184. The molecule has 0 saturated heterocycles. The number of halogens is 4. The summed E-state index contributed by atoms with van der Waals surface area (Å²) in [6.45, 7) is 0.